The lowest BCUT2D eigenvalue weighted by Crippen LogP contribution is -2.22. The van der Waals surface area contributed by atoms with Crippen LogP contribution in [0, 0.1) is 0 Å². The zero-order chi connectivity index (χ0) is 25.1. The number of benzene rings is 3. The highest BCUT2D eigenvalue weighted by atomic mass is 35.5. The van der Waals surface area contributed by atoms with Gasteiger partial charge in [0.15, 0.2) is 11.0 Å². The minimum Gasteiger partial charge on any atom is -0.419 e. The van der Waals surface area contributed by atoms with Crippen LogP contribution in [0.5, 0.6) is 5.75 Å². The first-order chi connectivity index (χ1) is 17.5. The molecule has 36 heavy (non-hydrogen) atoms. The van der Waals surface area contributed by atoms with Crippen LogP contribution in [0.1, 0.15) is 41.5 Å². The highest BCUT2D eigenvalue weighted by molar-refractivity contribution is 6.31. The van der Waals surface area contributed by atoms with E-state index in [1.807, 2.05) is 66.7 Å². The minimum atomic E-state index is -0.463. The number of aromatic nitrogens is 2. The molecule has 1 aliphatic heterocycles. The first-order valence-electron chi connectivity index (χ1n) is 11.8. The standard InChI is InChI=1S/C28H25ClN4O3/c1-18(34)36-25-26(29)31-24(32-27(25)33-14-4-5-15-33)16-19-8-12-23(13-9-19)30-28(35)22-11-10-20-6-2-3-7-21(20)17-22/h2-3,6-13,17H,4-5,14-16H2,1H3,(H,30,35). The first kappa shape index (κ1) is 23.8. The second-order valence-corrected chi connectivity index (χ2v) is 9.12. The van der Waals surface area contributed by atoms with Gasteiger partial charge in [-0.15, -0.1) is 0 Å². The Morgan fingerprint density at radius 3 is 2.42 bits per heavy atom. The van der Waals surface area contributed by atoms with Gasteiger partial charge < -0.3 is 15.0 Å². The lowest BCUT2D eigenvalue weighted by Gasteiger charge is -2.20. The second-order valence-electron chi connectivity index (χ2n) is 8.76. The van der Waals surface area contributed by atoms with Crippen molar-refractivity contribution in [3.63, 3.8) is 0 Å². The molecular weight excluding hydrogens is 476 g/mol. The van der Waals surface area contributed by atoms with E-state index in [9.17, 15) is 9.59 Å². The Kier molecular flexibility index (Phi) is 6.82. The molecule has 2 heterocycles. The summed E-state index contributed by atoms with van der Waals surface area (Å²) in [4.78, 5) is 35.5. The Hall–Kier alpha value is -3.97. The molecule has 7 nitrogen and oxygen atoms in total. The van der Waals surface area contributed by atoms with Crippen LogP contribution in [0.3, 0.4) is 0 Å². The number of halogens is 1. The summed E-state index contributed by atoms with van der Waals surface area (Å²) in [6.45, 7) is 2.98. The van der Waals surface area contributed by atoms with E-state index in [-0.39, 0.29) is 16.8 Å². The highest BCUT2D eigenvalue weighted by Crippen LogP contribution is 2.35. The third-order valence-electron chi connectivity index (χ3n) is 6.09. The topological polar surface area (TPSA) is 84.4 Å². The molecule has 0 aliphatic carbocycles. The van der Waals surface area contributed by atoms with E-state index in [1.165, 1.54) is 6.92 Å². The fourth-order valence-electron chi connectivity index (χ4n) is 4.33. The summed E-state index contributed by atoms with van der Waals surface area (Å²) in [5.74, 6) is 0.666. The molecule has 4 aromatic rings. The van der Waals surface area contributed by atoms with E-state index in [1.54, 1.807) is 0 Å². The maximum Gasteiger partial charge on any atom is 0.308 e. The van der Waals surface area contributed by atoms with E-state index in [2.05, 4.69) is 20.2 Å². The highest BCUT2D eigenvalue weighted by Gasteiger charge is 2.24. The zero-order valence-corrected chi connectivity index (χ0v) is 20.6. The summed E-state index contributed by atoms with van der Waals surface area (Å²) in [5.41, 5.74) is 2.25. The van der Waals surface area contributed by atoms with Crippen LogP contribution in [0.15, 0.2) is 66.7 Å². The van der Waals surface area contributed by atoms with Crippen molar-refractivity contribution in [3.8, 4) is 5.75 Å². The predicted octanol–water partition coefficient (Wildman–Crippen LogP) is 5.65. The Morgan fingerprint density at radius 2 is 1.69 bits per heavy atom. The van der Waals surface area contributed by atoms with Gasteiger partial charge >= 0.3 is 5.97 Å². The summed E-state index contributed by atoms with van der Waals surface area (Å²) in [6, 6.07) is 21.1. The molecule has 1 amide bonds. The normalized spacial score (nSPS) is 13.1. The number of amides is 1. The van der Waals surface area contributed by atoms with Gasteiger partial charge in [-0.1, -0.05) is 54.1 Å². The Morgan fingerprint density at radius 1 is 0.972 bits per heavy atom. The number of esters is 1. The van der Waals surface area contributed by atoms with E-state index >= 15 is 0 Å². The monoisotopic (exact) mass is 500 g/mol. The average molecular weight is 501 g/mol. The van der Waals surface area contributed by atoms with E-state index in [0.717, 1.165) is 42.3 Å². The quantitative estimate of drug-likeness (QED) is 0.272. The average Bonchev–Trinajstić information content (AvgIpc) is 3.41. The van der Waals surface area contributed by atoms with Crippen LogP contribution in [-0.2, 0) is 11.2 Å². The van der Waals surface area contributed by atoms with Gasteiger partial charge in [-0.3, -0.25) is 9.59 Å². The fraction of sp³-hybridized carbons (Fsp3) is 0.214. The molecule has 1 fully saturated rings. The number of hydrogen-bond acceptors (Lipinski definition) is 6. The van der Waals surface area contributed by atoms with Crippen molar-refractivity contribution in [1.82, 2.24) is 9.97 Å². The molecule has 0 unspecified atom stereocenters. The van der Waals surface area contributed by atoms with Crippen LogP contribution in [0.25, 0.3) is 10.8 Å². The summed E-state index contributed by atoms with van der Waals surface area (Å²) in [5, 5.41) is 5.18. The number of nitrogens with zero attached hydrogens (tertiary/aromatic N) is 3. The molecule has 1 aromatic heterocycles. The molecule has 0 spiro atoms. The van der Waals surface area contributed by atoms with Gasteiger partial charge in [0.05, 0.1) is 0 Å². The molecule has 1 N–H and O–H groups in total. The van der Waals surface area contributed by atoms with Crippen molar-refractivity contribution < 1.29 is 14.3 Å². The maximum atomic E-state index is 12.8. The molecule has 3 aromatic carbocycles. The fourth-order valence-corrected chi connectivity index (χ4v) is 4.55. The van der Waals surface area contributed by atoms with Gasteiger partial charge in [0.2, 0.25) is 5.75 Å². The SMILES string of the molecule is CC(=O)Oc1c(Cl)nc(Cc2ccc(NC(=O)c3ccc4ccccc4c3)cc2)nc1N1CCCC1. The molecule has 8 heteroatoms. The number of nitrogens with one attached hydrogen (secondary N) is 1. The lowest BCUT2D eigenvalue weighted by atomic mass is 10.1. The Labute approximate surface area is 214 Å². The summed E-state index contributed by atoms with van der Waals surface area (Å²) < 4.78 is 5.33. The molecule has 0 radical (unpaired) electrons. The maximum absolute atomic E-state index is 12.8. The zero-order valence-electron chi connectivity index (χ0n) is 19.8. The Bertz CT molecular complexity index is 1430. The van der Waals surface area contributed by atoms with Crippen molar-refractivity contribution in [2.45, 2.75) is 26.2 Å². The molecule has 0 atom stereocenters. The smallest absolute Gasteiger partial charge is 0.308 e. The van der Waals surface area contributed by atoms with Crippen LogP contribution < -0.4 is 15.0 Å². The van der Waals surface area contributed by atoms with Crippen LogP contribution in [0.2, 0.25) is 5.15 Å². The number of fused-ring (bicyclic) bond motifs is 1. The molecule has 1 aliphatic rings. The van der Waals surface area contributed by atoms with Crippen LogP contribution in [-0.4, -0.2) is 34.9 Å². The van der Waals surface area contributed by atoms with Crippen molar-refractivity contribution in [2.75, 3.05) is 23.3 Å². The van der Waals surface area contributed by atoms with E-state index in [4.69, 9.17) is 16.3 Å². The first-order valence-corrected chi connectivity index (χ1v) is 12.2. The molecule has 182 valence electrons. The lowest BCUT2D eigenvalue weighted by molar-refractivity contribution is -0.131. The summed E-state index contributed by atoms with van der Waals surface area (Å²) in [6.07, 6.45) is 2.53. The number of anilines is 2. The Balaban J connectivity index is 1.31. The third-order valence-corrected chi connectivity index (χ3v) is 6.35. The summed E-state index contributed by atoms with van der Waals surface area (Å²) >= 11 is 6.40. The number of carbonyl (C=O) groups is 2. The van der Waals surface area contributed by atoms with Gasteiger partial charge in [0.25, 0.3) is 5.91 Å². The summed E-state index contributed by atoms with van der Waals surface area (Å²) in [7, 11) is 0. The van der Waals surface area contributed by atoms with Gasteiger partial charge in [-0.25, -0.2) is 9.97 Å². The second kappa shape index (κ2) is 10.3. The van der Waals surface area contributed by atoms with Gasteiger partial charge in [0, 0.05) is 37.7 Å². The van der Waals surface area contributed by atoms with Crippen LogP contribution in [0.4, 0.5) is 11.5 Å². The van der Waals surface area contributed by atoms with Gasteiger partial charge in [-0.2, -0.15) is 0 Å². The van der Waals surface area contributed by atoms with Crippen molar-refractivity contribution in [1.29, 1.82) is 0 Å². The van der Waals surface area contributed by atoms with Crippen molar-refractivity contribution in [2.24, 2.45) is 0 Å². The van der Waals surface area contributed by atoms with Crippen molar-refractivity contribution in [3.05, 3.63) is 88.8 Å². The predicted molar refractivity (Wildman–Crippen MR) is 141 cm³/mol. The van der Waals surface area contributed by atoms with Crippen LogP contribution >= 0.6 is 11.6 Å². The largest absolute Gasteiger partial charge is 0.419 e. The third kappa shape index (κ3) is 5.31. The van der Waals surface area contributed by atoms with Crippen molar-refractivity contribution >= 4 is 45.8 Å². The number of hydrogen-bond donors (Lipinski definition) is 1. The molecular formula is C28H25ClN4O3. The molecule has 0 saturated carbocycles. The van der Waals surface area contributed by atoms with E-state index in [0.29, 0.717) is 29.3 Å². The molecule has 5 rings (SSSR count). The molecule has 0 bridgehead atoms. The number of ether oxygens (including phenoxy) is 1. The number of carbonyl (C=O) groups excluding carboxylic acids is 2. The van der Waals surface area contributed by atoms with E-state index < -0.39 is 5.97 Å². The van der Waals surface area contributed by atoms with Gasteiger partial charge in [0.1, 0.15) is 5.82 Å². The number of rotatable bonds is 6. The minimum absolute atomic E-state index is 0.122. The van der Waals surface area contributed by atoms with Gasteiger partial charge in [-0.05, 0) is 53.4 Å². The molecule has 1 saturated heterocycles.